The summed E-state index contributed by atoms with van der Waals surface area (Å²) in [5, 5.41) is 0. The highest BCUT2D eigenvalue weighted by Crippen LogP contribution is 2.23. The highest BCUT2D eigenvalue weighted by molar-refractivity contribution is 7.91. The number of rotatable bonds is 6. The van der Waals surface area contributed by atoms with Crippen LogP contribution in [-0.2, 0) is 25.9 Å². The molecule has 0 unspecified atom stereocenters. The SMILES string of the molecule is Cc1cc(C(=O)OCC(=O)N(Cc2ccco2)[C@H]2CCS(=O)(=O)C2)c(C)s1. The Morgan fingerprint density at radius 3 is 2.70 bits per heavy atom. The molecule has 2 aromatic rings. The molecule has 146 valence electrons. The normalized spacial score (nSPS) is 18.4. The lowest BCUT2D eigenvalue weighted by molar-refractivity contribution is -0.137. The summed E-state index contributed by atoms with van der Waals surface area (Å²) < 4.78 is 34.1. The second kappa shape index (κ2) is 7.85. The molecule has 9 heteroatoms. The van der Waals surface area contributed by atoms with Crippen LogP contribution in [0.25, 0.3) is 0 Å². The van der Waals surface area contributed by atoms with Gasteiger partial charge in [0.15, 0.2) is 16.4 Å². The number of carbonyl (C=O) groups is 2. The molecule has 1 atom stereocenters. The summed E-state index contributed by atoms with van der Waals surface area (Å²) in [6.45, 7) is 3.42. The van der Waals surface area contributed by atoms with Gasteiger partial charge in [-0.15, -0.1) is 11.3 Å². The summed E-state index contributed by atoms with van der Waals surface area (Å²) in [6, 6.07) is 4.70. The van der Waals surface area contributed by atoms with Crippen molar-refractivity contribution < 1.29 is 27.2 Å². The molecule has 1 amide bonds. The maximum absolute atomic E-state index is 12.7. The van der Waals surface area contributed by atoms with Gasteiger partial charge in [0.05, 0.1) is 29.9 Å². The molecular formula is C18H21NO6S2. The lowest BCUT2D eigenvalue weighted by atomic mass is 10.2. The molecule has 1 saturated heterocycles. The number of aryl methyl sites for hydroxylation is 2. The van der Waals surface area contributed by atoms with E-state index in [1.807, 2.05) is 13.8 Å². The van der Waals surface area contributed by atoms with Crippen molar-refractivity contribution in [2.45, 2.75) is 32.9 Å². The molecule has 0 aromatic carbocycles. The first kappa shape index (κ1) is 19.6. The van der Waals surface area contributed by atoms with Crippen LogP contribution < -0.4 is 0 Å². The first-order valence-electron chi connectivity index (χ1n) is 8.51. The van der Waals surface area contributed by atoms with E-state index in [0.717, 1.165) is 9.75 Å². The van der Waals surface area contributed by atoms with Crippen LogP contribution in [0.3, 0.4) is 0 Å². The molecule has 27 heavy (non-hydrogen) atoms. The predicted octanol–water partition coefficient (Wildman–Crippen LogP) is 2.33. The smallest absolute Gasteiger partial charge is 0.339 e. The van der Waals surface area contributed by atoms with Crippen LogP contribution in [0.2, 0.25) is 0 Å². The van der Waals surface area contributed by atoms with Crippen LogP contribution >= 0.6 is 11.3 Å². The first-order valence-corrected chi connectivity index (χ1v) is 11.2. The molecule has 0 spiro atoms. The van der Waals surface area contributed by atoms with Crippen molar-refractivity contribution in [1.82, 2.24) is 4.90 Å². The van der Waals surface area contributed by atoms with Gasteiger partial charge in [0.1, 0.15) is 5.76 Å². The number of nitrogens with zero attached hydrogens (tertiary/aromatic N) is 1. The van der Waals surface area contributed by atoms with E-state index in [0.29, 0.717) is 17.7 Å². The van der Waals surface area contributed by atoms with Crippen LogP contribution in [0.5, 0.6) is 0 Å². The fraction of sp³-hybridized carbons (Fsp3) is 0.444. The Balaban J connectivity index is 1.69. The third-order valence-corrected chi connectivity index (χ3v) is 7.18. The minimum Gasteiger partial charge on any atom is -0.467 e. The molecule has 1 fully saturated rings. The average molecular weight is 412 g/mol. The number of hydrogen-bond acceptors (Lipinski definition) is 7. The van der Waals surface area contributed by atoms with Crippen molar-refractivity contribution in [2.24, 2.45) is 0 Å². The standard InChI is InChI=1S/C18H21NO6S2/c1-12-8-16(13(2)26-12)18(21)25-10-17(20)19(9-15-4-3-6-24-15)14-5-7-27(22,23)11-14/h3-4,6,8,14H,5,7,9-11H2,1-2H3/t14-/m0/s1. The highest BCUT2D eigenvalue weighted by Gasteiger charge is 2.35. The number of carbonyl (C=O) groups excluding carboxylic acids is 2. The quantitative estimate of drug-likeness (QED) is 0.677. The zero-order chi connectivity index (χ0) is 19.6. The van der Waals surface area contributed by atoms with E-state index in [1.54, 1.807) is 18.2 Å². The van der Waals surface area contributed by atoms with Crippen molar-refractivity contribution >= 4 is 33.1 Å². The van der Waals surface area contributed by atoms with Gasteiger partial charge >= 0.3 is 5.97 Å². The van der Waals surface area contributed by atoms with Crippen molar-refractivity contribution in [2.75, 3.05) is 18.1 Å². The van der Waals surface area contributed by atoms with Gasteiger partial charge in [0.25, 0.3) is 5.91 Å². The number of hydrogen-bond donors (Lipinski definition) is 0. The van der Waals surface area contributed by atoms with Crippen LogP contribution in [-0.4, -0.2) is 49.3 Å². The summed E-state index contributed by atoms with van der Waals surface area (Å²) in [4.78, 5) is 28.2. The summed E-state index contributed by atoms with van der Waals surface area (Å²) in [5.74, 6) is -0.486. The largest absolute Gasteiger partial charge is 0.467 e. The number of sulfone groups is 1. The monoisotopic (exact) mass is 411 g/mol. The molecule has 0 bridgehead atoms. The molecule has 0 radical (unpaired) electrons. The average Bonchev–Trinajstić information content (AvgIpc) is 3.30. The second-order valence-electron chi connectivity index (χ2n) is 6.56. The van der Waals surface area contributed by atoms with Gasteiger partial charge < -0.3 is 14.1 Å². The molecule has 0 saturated carbocycles. The zero-order valence-corrected chi connectivity index (χ0v) is 16.8. The molecule has 0 aliphatic carbocycles. The van der Waals surface area contributed by atoms with Crippen molar-refractivity contribution in [3.63, 3.8) is 0 Å². The molecule has 1 aliphatic heterocycles. The summed E-state index contributed by atoms with van der Waals surface area (Å²) in [7, 11) is -3.16. The molecule has 0 N–H and O–H groups in total. The van der Waals surface area contributed by atoms with Gasteiger partial charge in [-0.3, -0.25) is 4.79 Å². The van der Waals surface area contributed by atoms with E-state index in [4.69, 9.17) is 9.15 Å². The molecule has 3 heterocycles. The maximum Gasteiger partial charge on any atom is 0.339 e. The van der Waals surface area contributed by atoms with Crippen molar-refractivity contribution in [3.05, 3.63) is 45.5 Å². The first-order chi connectivity index (χ1) is 12.7. The summed E-state index contributed by atoms with van der Waals surface area (Å²) in [6.07, 6.45) is 1.86. The number of esters is 1. The fourth-order valence-corrected chi connectivity index (χ4v) is 5.78. The van der Waals surface area contributed by atoms with Crippen molar-refractivity contribution in [1.29, 1.82) is 0 Å². The van der Waals surface area contributed by atoms with E-state index >= 15 is 0 Å². The second-order valence-corrected chi connectivity index (χ2v) is 10.3. The Morgan fingerprint density at radius 2 is 2.15 bits per heavy atom. The van der Waals surface area contributed by atoms with Gasteiger partial charge in [-0.05, 0) is 38.5 Å². The van der Waals surface area contributed by atoms with Gasteiger partial charge in [-0.25, -0.2) is 13.2 Å². The van der Waals surface area contributed by atoms with E-state index < -0.39 is 34.4 Å². The topological polar surface area (TPSA) is 93.9 Å². The number of furan rings is 1. The molecule has 1 aliphatic rings. The predicted molar refractivity (Wildman–Crippen MR) is 100 cm³/mol. The van der Waals surface area contributed by atoms with Crippen molar-refractivity contribution in [3.8, 4) is 0 Å². The summed E-state index contributed by atoms with van der Waals surface area (Å²) in [5.41, 5.74) is 0.450. The van der Waals surface area contributed by atoms with E-state index in [9.17, 15) is 18.0 Å². The number of ether oxygens (including phenoxy) is 1. The van der Waals surface area contributed by atoms with E-state index in [-0.39, 0.29) is 18.1 Å². The van der Waals surface area contributed by atoms with Crippen LogP contribution in [0, 0.1) is 13.8 Å². The van der Waals surface area contributed by atoms with Gasteiger partial charge in [0, 0.05) is 15.8 Å². The Hall–Kier alpha value is -2.13. The lowest BCUT2D eigenvalue weighted by Gasteiger charge is -2.27. The zero-order valence-electron chi connectivity index (χ0n) is 15.1. The van der Waals surface area contributed by atoms with Gasteiger partial charge in [-0.1, -0.05) is 0 Å². The Labute approximate surface area is 161 Å². The Bertz CT molecular complexity index is 929. The third kappa shape index (κ3) is 4.78. The van der Waals surface area contributed by atoms with E-state index in [2.05, 4.69) is 0 Å². The summed E-state index contributed by atoms with van der Waals surface area (Å²) >= 11 is 1.49. The molecular weight excluding hydrogens is 390 g/mol. The molecule has 7 nitrogen and oxygen atoms in total. The van der Waals surface area contributed by atoms with Gasteiger partial charge in [0.2, 0.25) is 0 Å². The Morgan fingerprint density at radius 1 is 1.37 bits per heavy atom. The van der Waals surface area contributed by atoms with Gasteiger partial charge in [-0.2, -0.15) is 0 Å². The third-order valence-electron chi connectivity index (χ3n) is 4.46. The number of thiophene rings is 1. The van der Waals surface area contributed by atoms with Crippen LogP contribution in [0.15, 0.2) is 28.9 Å². The molecule has 3 rings (SSSR count). The van der Waals surface area contributed by atoms with E-state index in [1.165, 1.54) is 22.5 Å². The minimum absolute atomic E-state index is 0.0484. The maximum atomic E-state index is 12.7. The lowest BCUT2D eigenvalue weighted by Crippen LogP contribution is -2.42. The number of amides is 1. The molecule has 2 aromatic heterocycles. The fourth-order valence-electron chi connectivity index (χ4n) is 3.13. The Kier molecular flexibility index (Phi) is 5.71. The van der Waals surface area contributed by atoms with Crippen LogP contribution in [0.1, 0.15) is 32.3 Å². The van der Waals surface area contributed by atoms with Crippen LogP contribution in [0.4, 0.5) is 0 Å². The minimum atomic E-state index is -3.16. The highest BCUT2D eigenvalue weighted by atomic mass is 32.2.